The molecule has 0 spiro atoms. The quantitative estimate of drug-likeness (QED) is 0.528. The highest BCUT2D eigenvalue weighted by Gasteiger charge is 2.28. The molecule has 0 amide bonds. The number of rotatable bonds is 1. The van der Waals surface area contributed by atoms with E-state index in [4.69, 9.17) is 5.11 Å². The Morgan fingerprint density at radius 2 is 2.00 bits per heavy atom. The third-order valence-corrected chi connectivity index (χ3v) is 2.88. The molecular formula is C11H13NO4. The molecule has 0 saturated heterocycles. The van der Waals surface area contributed by atoms with Crippen molar-refractivity contribution >= 4 is 5.97 Å². The zero-order valence-electron chi connectivity index (χ0n) is 8.77. The van der Waals surface area contributed by atoms with Crippen LogP contribution in [-0.4, -0.2) is 27.3 Å². The van der Waals surface area contributed by atoms with Crippen molar-refractivity contribution in [3.8, 4) is 11.5 Å². The predicted octanol–water partition coefficient (Wildman–Crippen LogP) is 0.758. The van der Waals surface area contributed by atoms with Crippen molar-refractivity contribution in [1.82, 2.24) is 5.32 Å². The topological polar surface area (TPSA) is 89.8 Å². The lowest BCUT2D eigenvalue weighted by Gasteiger charge is -2.29. The molecule has 4 N–H and O–H groups in total. The molecule has 1 aliphatic rings. The van der Waals surface area contributed by atoms with Crippen molar-refractivity contribution in [3.63, 3.8) is 0 Å². The molecule has 1 aromatic carbocycles. The van der Waals surface area contributed by atoms with Crippen molar-refractivity contribution in [3.05, 3.63) is 23.3 Å². The summed E-state index contributed by atoms with van der Waals surface area (Å²) in [5, 5.41) is 30.6. The van der Waals surface area contributed by atoms with Crippen LogP contribution in [0.15, 0.2) is 12.1 Å². The number of hydrogen-bond donors (Lipinski definition) is 4. The molecule has 0 unspecified atom stereocenters. The van der Waals surface area contributed by atoms with E-state index in [0.29, 0.717) is 6.42 Å². The van der Waals surface area contributed by atoms with Gasteiger partial charge in [0.05, 0.1) is 0 Å². The SMILES string of the molecule is C[C@@H]1N[C@@H](C(=O)O)Cc2cc(O)c(O)cc21. The fourth-order valence-electron chi connectivity index (χ4n) is 2.05. The second-order valence-electron chi connectivity index (χ2n) is 4.02. The number of fused-ring (bicyclic) bond motifs is 1. The number of aliphatic carboxylic acids is 1. The van der Waals surface area contributed by atoms with E-state index in [2.05, 4.69) is 5.32 Å². The van der Waals surface area contributed by atoms with Crippen LogP contribution in [0.5, 0.6) is 11.5 Å². The lowest BCUT2D eigenvalue weighted by atomic mass is 9.90. The molecule has 2 rings (SSSR count). The molecule has 0 bridgehead atoms. The van der Waals surface area contributed by atoms with Crippen molar-refractivity contribution in [2.45, 2.75) is 25.4 Å². The largest absolute Gasteiger partial charge is 0.504 e. The second kappa shape index (κ2) is 3.68. The Labute approximate surface area is 92.3 Å². The van der Waals surface area contributed by atoms with Crippen LogP contribution in [0, 0.1) is 0 Å². The Morgan fingerprint density at radius 3 is 2.62 bits per heavy atom. The Morgan fingerprint density at radius 1 is 1.38 bits per heavy atom. The average molecular weight is 223 g/mol. The lowest BCUT2D eigenvalue weighted by molar-refractivity contribution is -0.139. The molecule has 5 nitrogen and oxygen atoms in total. The van der Waals surface area contributed by atoms with E-state index < -0.39 is 12.0 Å². The van der Waals surface area contributed by atoms with E-state index in [-0.39, 0.29) is 17.5 Å². The summed E-state index contributed by atoms with van der Waals surface area (Å²) in [6, 6.07) is 2.10. The number of phenolic OH excluding ortho intramolecular Hbond substituents is 2. The molecule has 1 aliphatic heterocycles. The zero-order chi connectivity index (χ0) is 11.9. The number of hydrogen-bond acceptors (Lipinski definition) is 4. The highest BCUT2D eigenvalue weighted by Crippen LogP contribution is 2.34. The minimum Gasteiger partial charge on any atom is -0.504 e. The molecule has 0 saturated carbocycles. The van der Waals surface area contributed by atoms with Gasteiger partial charge in [-0.2, -0.15) is 0 Å². The second-order valence-corrected chi connectivity index (χ2v) is 4.02. The number of benzene rings is 1. The maximum atomic E-state index is 10.9. The number of phenols is 2. The standard InChI is InChI=1S/C11H13NO4/c1-5-7-4-10(14)9(13)3-6(7)2-8(12-5)11(15)16/h3-5,8,12-14H,2H2,1H3,(H,15,16)/t5-,8+/m0/s1. The number of carboxylic acid groups (broad SMARTS) is 1. The first-order chi connectivity index (χ1) is 7.49. The summed E-state index contributed by atoms with van der Waals surface area (Å²) in [5.74, 6) is -1.30. The van der Waals surface area contributed by atoms with Gasteiger partial charge in [0.25, 0.3) is 0 Å². The summed E-state index contributed by atoms with van der Waals surface area (Å²) in [6.07, 6.45) is 0.308. The van der Waals surface area contributed by atoms with Gasteiger partial charge in [-0.15, -0.1) is 0 Å². The molecule has 0 aliphatic carbocycles. The lowest BCUT2D eigenvalue weighted by Crippen LogP contribution is -2.43. The fraction of sp³-hybridized carbons (Fsp3) is 0.364. The van der Waals surface area contributed by atoms with Crippen LogP contribution in [0.2, 0.25) is 0 Å². The summed E-state index contributed by atoms with van der Waals surface area (Å²) in [5.41, 5.74) is 1.58. The first kappa shape index (κ1) is 10.8. The Kier molecular flexibility index (Phi) is 2.47. The molecule has 5 heteroatoms. The van der Waals surface area contributed by atoms with E-state index in [1.807, 2.05) is 6.92 Å². The number of aromatic hydroxyl groups is 2. The van der Waals surface area contributed by atoms with Gasteiger partial charge in [0.15, 0.2) is 11.5 Å². The summed E-state index contributed by atoms with van der Waals surface area (Å²) in [6.45, 7) is 1.82. The normalized spacial score (nSPS) is 23.8. The van der Waals surface area contributed by atoms with Crippen LogP contribution in [0.4, 0.5) is 0 Å². The molecule has 1 aromatic rings. The highest BCUT2D eigenvalue weighted by atomic mass is 16.4. The summed E-state index contributed by atoms with van der Waals surface area (Å²) < 4.78 is 0. The Hall–Kier alpha value is -1.75. The third kappa shape index (κ3) is 1.69. The molecule has 1 heterocycles. The van der Waals surface area contributed by atoms with Crippen molar-refractivity contribution in [2.24, 2.45) is 0 Å². The molecule has 2 atom stereocenters. The van der Waals surface area contributed by atoms with Crippen molar-refractivity contribution < 1.29 is 20.1 Å². The number of carboxylic acids is 1. The average Bonchev–Trinajstić information content (AvgIpc) is 2.20. The van der Waals surface area contributed by atoms with Crippen LogP contribution in [-0.2, 0) is 11.2 Å². The summed E-state index contributed by atoms with van der Waals surface area (Å²) in [7, 11) is 0. The Balaban J connectivity index is 2.42. The van der Waals surface area contributed by atoms with Gasteiger partial charge in [-0.05, 0) is 36.6 Å². The van der Waals surface area contributed by atoms with Crippen molar-refractivity contribution in [2.75, 3.05) is 0 Å². The van der Waals surface area contributed by atoms with E-state index >= 15 is 0 Å². The van der Waals surface area contributed by atoms with E-state index in [0.717, 1.165) is 11.1 Å². The maximum absolute atomic E-state index is 10.9. The Bertz CT molecular complexity index is 444. The first-order valence-electron chi connectivity index (χ1n) is 5.02. The zero-order valence-corrected chi connectivity index (χ0v) is 8.77. The van der Waals surface area contributed by atoms with Crippen LogP contribution >= 0.6 is 0 Å². The van der Waals surface area contributed by atoms with E-state index in [1.165, 1.54) is 12.1 Å². The first-order valence-corrected chi connectivity index (χ1v) is 5.02. The van der Waals surface area contributed by atoms with Gasteiger partial charge in [-0.1, -0.05) is 0 Å². The molecular weight excluding hydrogens is 210 g/mol. The molecule has 16 heavy (non-hydrogen) atoms. The maximum Gasteiger partial charge on any atom is 0.321 e. The van der Waals surface area contributed by atoms with E-state index in [9.17, 15) is 15.0 Å². The van der Waals surface area contributed by atoms with Crippen LogP contribution in [0.3, 0.4) is 0 Å². The van der Waals surface area contributed by atoms with Gasteiger partial charge in [0, 0.05) is 6.04 Å². The van der Waals surface area contributed by atoms with Crippen molar-refractivity contribution in [1.29, 1.82) is 0 Å². The molecule has 0 fully saturated rings. The van der Waals surface area contributed by atoms with Gasteiger partial charge in [0.2, 0.25) is 0 Å². The summed E-state index contributed by atoms with van der Waals surface area (Å²) >= 11 is 0. The van der Waals surface area contributed by atoms with Gasteiger partial charge < -0.3 is 15.3 Å². The smallest absolute Gasteiger partial charge is 0.321 e. The van der Waals surface area contributed by atoms with Gasteiger partial charge in [-0.25, -0.2) is 0 Å². The number of nitrogens with one attached hydrogen (secondary N) is 1. The predicted molar refractivity (Wildman–Crippen MR) is 56.5 cm³/mol. The highest BCUT2D eigenvalue weighted by molar-refractivity contribution is 5.74. The minimum atomic E-state index is -0.912. The van der Waals surface area contributed by atoms with E-state index in [1.54, 1.807) is 0 Å². The van der Waals surface area contributed by atoms with Crippen LogP contribution in [0.1, 0.15) is 24.1 Å². The summed E-state index contributed by atoms with van der Waals surface area (Å²) in [4.78, 5) is 10.9. The van der Waals surface area contributed by atoms with Crippen LogP contribution < -0.4 is 5.32 Å². The van der Waals surface area contributed by atoms with Gasteiger partial charge >= 0.3 is 5.97 Å². The molecule has 86 valence electrons. The molecule has 0 radical (unpaired) electrons. The number of carbonyl (C=O) groups is 1. The third-order valence-electron chi connectivity index (χ3n) is 2.88. The van der Waals surface area contributed by atoms with Gasteiger partial charge in [-0.3, -0.25) is 10.1 Å². The minimum absolute atomic E-state index is 0.156. The fourth-order valence-corrected chi connectivity index (χ4v) is 2.05. The monoisotopic (exact) mass is 223 g/mol. The van der Waals surface area contributed by atoms with Gasteiger partial charge in [0.1, 0.15) is 6.04 Å². The molecule has 0 aromatic heterocycles. The van der Waals surface area contributed by atoms with Crippen LogP contribution in [0.25, 0.3) is 0 Å².